The average molecular weight is 523 g/mol. The maximum Gasteiger partial charge on any atom is 0.208 e. The predicted molar refractivity (Wildman–Crippen MR) is 143 cm³/mol. The van der Waals surface area contributed by atoms with Gasteiger partial charge in [0.2, 0.25) is 11.5 Å². The third kappa shape index (κ3) is 4.84. The van der Waals surface area contributed by atoms with Crippen LogP contribution in [-0.2, 0) is 10.8 Å². The Balaban J connectivity index is 2.08. The van der Waals surface area contributed by atoms with Gasteiger partial charge in [0, 0.05) is 10.9 Å². The Kier molecular flexibility index (Phi) is 7.98. The SMILES string of the molecule is COc1ccc2ccccc2c1S(=O)c1c(/C=C/c2ccc(F)cc2)c(OC)c(OC)c(OC)c1OC. The molecule has 8 heteroatoms. The molecule has 0 amide bonds. The van der Waals surface area contributed by atoms with Gasteiger partial charge in [0.1, 0.15) is 16.5 Å². The van der Waals surface area contributed by atoms with E-state index in [9.17, 15) is 8.60 Å². The van der Waals surface area contributed by atoms with Crippen molar-refractivity contribution in [2.75, 3.05) is 35.5 Å². The molecule has 0 aromatic heterocycles. The predicted octanol–water partition coefficient (Wildman–Crippen LogP) is 6.36. The third-order valence-corrected chi connectivity index (χ3v) is 7.45. The van der Waals surface area contributed by atoms with Gasteiger partial charge in [-0.1, -0.05) is 48.5 Å². The van der Waals surface area contributed by atoms with Gasteiger partial charge in [-0.3, -0.25) is 0 Å². The van der Waals surface area contributed by atoms with Crippen LogP contribution < -0.4 is 23.7 Å². The fourth-order valence-corrected chi connectivity index (χ4v) is 5.81. The minimum absolute atomic E-state index is 0.229. The number of fused-ring (bicyclic) bond motifs is 1. The van der Waals surface area contributed by atoms with E-state index in [4.69, 9.17) is 23.7 Å². The summed E-state index contributed by atoms with van der Waals surface area (Å²) < 4.78 is 56.4. The highest BCUT2D eigenvalue weighted by Gasteiger charge is 2.32. The lowest BCUT2D eigenvalue weighted by molar-refractivity contribution is 0.300. The first kappa shape index (κ1) is 26.0. The first-order valence-corrected chi connectivity index (χ1v) is 12.4. The smallest absolute Gasteiger partial charge is 0.208 e. The molecule has 37 heavy (non-hydrogen) atoms. The van der Waals surface area contributed by atoms with Gasteiger partial charge >= 0.3 is 0 Å². The van der Waals surface area contributed by atoms with Crippen molar-refractivity contribution in [2.24, 2.45) is 0 Å². The Morgan fingerprint density at radius 2 is 1.27 bits per heavy atom. The minimum atomic E-state index is -1.83. The second-order valence-electron chi connectivity index (χ2n) is 7.85. The average Bonchev–Trinajstić information content (AvgIpc) is 2.94. The molecule has 0 aliphatic heterocycles. The molecule has 6 nitrogen and oxygen atoms in total. The van der Waals surface area contributed by atoms with Crippen molar-refractivity contribution in [1.82, 2.24) is 0 Å². The number of benzene rings is 4. The monoisotopic (exact) mass is 522 g/mol. The molecule has 0 aliphatic carbocycles. The Hall–Kier alpha value is -4.04. The number of hydrogen-bond donors (Lipinski definition) is 0. The van der Waals surface area contributed by atoms with Crippen LogP contribution >= 0.6 is 0 Å². The van der Waals surface area contributed by atoms with Crippen LogP contribution in [0.5, 0.6) is 28.7 Å². The molecular weight excluding hydrogens is 495 g/mol. The molecule has 0 fully saturated rings. The molecule has 4 aromatic rings. The fraction of sp³-hybridized carbons (Fsp3) is 0.172. The molecule has 0 heterocycles. The minimum Gasteiger partial charge on any atom is -0.495 e. The van der Waals surface area contributed by atoms with E-state index in [0.29, 0.717) is 26.9 Å². The lowest BCUT2D eigenvalue weighted by atomic mass is 10.1. The number of hydrogen-bond acceptors (Lipinski definition) is 6. The molecular formula is C29H27FO6S. The van der Waals surface area contributed by atoms with Crippen molar-refractivity contribution >= 4 is 33.7 Å². The topological polar surface area (TPSA) is 63.2 Å². The molecule has 0 N–H and O–H groups in total. The zero-order valence-corrected chi connectivity index (χ0v) is 22.0. The van der Waals surface area contributed by atoms with Crippen LogP contribution in [0.4, 0.5) is 4.39 Å². The highest BCUT2D eigenvalue weighted by atomic mass is 32.2. The van der Waals surface area contributed by atoms with E-state index < -0.39 is 10.8 Å². The highest BCUT2D eigenvalue weighted by molar-refractivity contribution is 7.85. The van der Waals surface area contributed by atoms with Gasteiger partial charge in [-0.2, -0.15) is 0 Å². The molecule has 1 atom stereocenters. The zero-order valence-electron chi connectivity index (χ0n) is 21.2. The van der Waals surface area contributed by atoms with Crippen LogP contribution in [-0.4, -0.2) is 39.8 Å². The van der Waals surface area contributed by atoms with Crippen LogP contribution in [0, 0.1) is 5.82 Å². The Labute approximate surface area is 217 Å². The Morgan fingerprint density at radius 3 is 1.89 bits per heavy atom. The van der Waals surface area contributed by atoms with Gasteiger partial charge in [0.25, 0.3) is 0 Å². The Bertz CT molecular complexity index is 1480. The van der Waals surface area contributed by atoms with Crippen molar-refractivity contribution < 1.29 is 32.3 Å². The van der Waals surface area contributed by atoms with Crippen LogP contribution in [0.1, 0.15) is 11.1 Å². The molecule has 0 aliphatic rings. The molecule has 0 saturated carbocycles. The molecule has 4 rings (SSSR count). The molecule has 192 valence electrons. The van der Waals surface area contributed by atoms with Crippen LogP contribution in [0.2, 0.25) is 0 Å². The van der Waals surface area contributed by atoms with E-state index in [-0.39, 0.29) is 23.1 Å². The maximum atomic E-state index is 14.5. The summed E-state index contributed by atoms with van der Waals surface area (Å²) in [6.45, 7) is 0. The summed E-state index contributed by atoms with van der Waals surface area (Å²) >= 11 is 0. The van der Waals surface area contributed by atoms with Gasteiger partial charge in [-0.25, -0.2) is 8.60 Å². The Morgan fingerprint density at radius 1 is 0.649 bits per heavy atom. The largest absolute Gasteiger partial charge is 0.495 e. The zero-order chi connectivity index (χ0) is 26.5. The standard InChI is InChI=1S/C29H27FO6S/c1-32-23-17-13-19-8-6-7-9-21(19)28(23)37(31)29-22(16-12-18-10-14-20(30)15-11-18)24(33-2)25(34-3)26(35-4)27(29)36-5/h6-17H,1-5H3/b16-12+. The first-order chi connectivity index (χ1) is 18.0. The van der Waals surface area contributed by atoms with Crippen LogP contribution in [0.25, 0.3) is 22.9 Å². The van der Waals surface area contributed by atoms with Crippen molar-refractivity contribution in [1.29, 1.82) is 0 Å². The molecule has 0 bridgehead atoms. The number of halogens is 1. The van der Waals surface area contributed by atoms with Crippen LogP contribution in [0.15, 0.2) is 70.5 Å². The van der Waals surface area contributed by atoms with E-state index in [1.807, 2.05) is 30.3 Å². The van der Waals surface area contributed by atoms with Gasteiger partial charge in [0.15, 0.2) is 11.5 Å². The second-order valence-corrected chi connectivity index (χ2v) is 9.20. The summed E-state index contributed by atoms with van der Waals surface area (Å²) in [5.41, 5.74) is 1.19. The first-order valence-electron chi connectivity index (χ1n) is 11.3. The molecule has 0 saturated heterocycles. The van der Waals surface area contributed by atoms with E-state index in [1.165, 1.54) is 47.7 Å². The van der Waals surface area contributed by atoms with Gasteiger partial charge in [-0.05, 0) is 35.2 Å². The molecule has 4 aromatic carbocycles. The van der Waals surface area contributed by atoms with E-state index in [1.54, 1.807) is 30.4 Å². The second kappa shape index (κ2) is 11.3. The summed E-state index contributed by atoms with van der Waals surface area (Å²) in [7, 11) is 5.62. The fourth-order valence-electron chi connectivity index (χ4n) is 4.18. The summed E-state index contributed by atoms with van der Waals surface area (Å²) in [6.07, 6.45) is 3.51. The molecule has 1 unspecified atom stereocenters. The summed E-state index contributed by atoms with van der Waals surface area (Å²) in [5, 5.41) is 1.67. The van der Waals surface area contributed by atoms with Gasteiger partial charge in [0.05, 0.1) is 51.2 Å². The highest BCUT2D eigenvalue weighted by Crippen LogP contribution is 2.53. The van der Waals surface area contributed by atoms with Crippen LogP contribution in [0.3, 0.4) is 0 Å². The van der Waals surface area contributed by atoms with E-state index >= 15 is 0 Å². The number of rotatable bonds is 9. The summed E-state index contributed by atoms with van der Waals surface area (Å²) in [4.78, 5) is 0.787. The van der Waals surface area contributed by atoms with Crippen molar-refractivity contribution in [3.8, 4) is 28.7 Å². The van der Waals surface area contributed by atoms with Gasteiger partial charge < -0.3 is 23.7 Å². The van der Waals surface area contributed by atoms with Crippen molar-refractivity contribution in [3.05, 3.63) is 77.6 Å². The van der Waals surface area contributed by atoms with Gasteiger partial charge in [-0.15, -0.1) is 0 Å². The van der Waals surface area contributed by atoms with Crippen molar-refractivity contribution in [2.45, 2.75) is 9.79 Å². The maximum absolute atomic E-state index is 14.5. The summed E-state index contributed by atoms with van der Waals surface area (Å²) in [5.74, 6) is 1.18. The molecule has 0 spiro atoms. The quantitative estimate of drug-likeness (QED) is 0.239. The number of methoxy groups -OCH3 is 5. The number of ether oxygens (including phenoxy) is 5. The third-order valence-electron chi connectivity index (χ3n) is 5.88. The van der Waals surface area contributed by atoms with Crippen molar-refractivity contribution in [3.63, 3.8) is 0 Å². The normalized spacial score (nSPS) is 11.9. The van der Waals surface area contributed by atoms with E-state index in [2.05, 4.69) is 0 Å². The lowest BCUT2D eigenvalue weighted by Gasteiger charge is -2.22. The van der Waals surface area contributed by atoms with E-state index in [0.717, 1.165) is 16.3 Å². The molecule has 0 radical (unpaired) electrons. The lowest BCUT2D eigenvalue weighted by Crippen LogP contribution is -2.07. The summed E-state index contributed by atoms with van der Waals surface area (Å²) in [6, 6.07) is 17.3.